The molecule has 0 spiro atoms. The maximum atomic E-state index is 12.6. The Morgan fingerprint density at radius 2 is 2.10 bits per heavy atom. The summed E-state index contributed by atoms with van der Waals surface area (Å²) < 4.78 is 5.62. The largest absolute Gasteiger partial charge is 0.384 e. The molecule has 1 fully saturated rings. The smallest absolute Gasteiger partial charge is 0.254 e. The van der Waals surface area contributed by atoms with Crippen LogP contribution >= 0.6 is 0 Å². The van der Waals surface area contributed by atoms with Crippen LogP contribution < -0.4 is 5.73 Å². The van der Waals surface area contributed by atoms with Crippen LogP contribution in [0.1, 0.15) is 55.6 Å². The van der Waals surface area contributed by atoms with Gasteiger partial charge in [-0.1, -0.05) is 13.8 Å². The number of nitrogens with zero attached hydrogens (tertiary/aromatic N) is 2. The van der Waals surface area contributed by atoms with E-state index >= 15 is 0 Å². The first-order valence-electron chi connectivity index (χ1n) is 7.69. The first kappa shape index (κ1) is 15.8. The standard InChI is InChI=1S/C16H25N3O2/c1-4-21-13-5-7-19(8-6-13)16(20)12-9-14(11(2)3)18-15(17)10-12/h9-11,13H,4-8H2,1-3H3,(H2,17,18). The SMILES string of the molecule is CCOC1CCN(C(=O)c2cc(N)nc(C(C)C)c2)CC1. The van der Waals surface area contributed by atoms with E-state index in [1.807, 2.05) is 31.7 Å². The molecule has 1 aromatic heterocycles. The Hall–Kier alpha value is -1.62. The highest BCUT2D eigenvalue weighted by Gasteiger charge is 2.24. The zero-order valence-electron chi connectivity index (χ0n) is 13.1. The number of hydrogen-bond donors (Lipinski definition) is 1. The van der Waals surface area contributed by atoms with E-state index in [-0.39, 0.29) is 17.9 Å². The number of carbonyl (C=O) groups excluding carboxylic acids is 1. The molecular weight excluding hydrogens is 266 g/mol. The van der Waals surface area contributed by atoms with E-state index < -0.39 is 0 Å². The van der Waals surface area contributed by atoms with E-state index in [1.165, 1.54) is 0 Å². The summed E-state index contributed by atoms with van der Waals surface area (Å²) in [6.45, 7) is 8.31. The third kappa shape index (κ3) is 3.94. The number of piperidine rings is 1. The Morgan fingerprint density at radius 1 is 1.43 bits per heavy atom. The van der Waals surface area contributed by atoms with Crippen LogP contribution in [0.25, 0.3) is 0 Å². The van der Waals surface area contributed by atoms with E-state index in [1.54, 1.807) is 6.07 Å². The highest BCUT2D eigenvalue weighted by Crippen LogP contribution is 2.20. The summed E-state index contributed by atoms with van der Waals surface area (Å²) in [7, 11) is 0. The minimum Gasteiger partial charge on any atom is -0.384 e. The third-order valence-electron chi connectivity index (χ3n) is 3.84. The van der Waals surface area contributed by atoms with Crippen LogP contribution in [0, 0.1) is 0 Å². The number of amides is 1. The van der Waals surface area contributed by atoms with Crippen LogP contribution in [0.4, 0.5) is 5.82 Å². The molecule has 1 aliphatic rings. The third-order valence-corrected chi connectivity index (χ3v) is 3.84. The summed E-state index contributed by atoms with van der Waals surface area (Å²) in [5, 5.41) is 0. The van der Waals surface area contributed by atoms with Crippen molar-refractivity contribution in [2.24, 2.45) is 0 Å². The molecule has 0 unspecified atom stereocenters. The molecule has 2 heterocycles. The molecule has 5 heteroatoms. The van der Waals surface area contributed by atoms with Crippen LogP contribution in [-0.2, 0) is 4.74 Å². The quantitative estimate of drug-likeness (QED) is 0.925. The van der Waals surface area contributed by atoms with Gasteiger partial charge in [0.25, 0.3) is 5.91 Å². The first-order valence-corrected chi connectivity index (χ1v) is 7.69. The van der Waals surface area contributed by atoms with Gasteiger partial charge in [-0.3, -0.25) is 4.79 Å². The lowest BCUT2D eigenvalue weighted by molar-refractivity contribution is 0.0146. The normalized spacial score (nSPS) is 16.5. The van der Waals surface area contributed by atoms with E-state index in [0.29, 0.717) is 11.4 Å². The minimum atomic E-state index is 0.0425. The fourth-order valence-corrected chi connectivity index (χ4v) is 2.64. The second-order valence-electron chi connectivity index (χ2n) is 5.81. The zero-order chi connectivity index (χ0) is 15.4. The molecule has 1 saturated heterocycles. The van der Waals surface area contributed by atoms with Crippen molar-refractivity contribution in [3.8, 4) is 0 Å². The number of carbonyl (C=O) groups is 1. The van der Waals surface area contributed by atoms with Gasteiger partial charge in [0, 0.05) is 31.0 Å². The number of nitrogens with two attached hydrogens (primary N) is 1. The number of nitrogen functional groups attached to an aromatic ring is 1. The highest BCUT2D eigenvalue weighted by atomic mass is 16.5. The number of anilines is 1. The molecule has 21 heavy (non-hydrogen) atoms. The number of pyridine rings is 1. The number of likely N-dealkylation sites (tertiary alicyclic amines) is 1. The van der Waals surface area contributed by atoms with Crippen molar-refractivity contribution in [3.63, 3.8) is 0 Å². The average Bonchev–Trinajstić information content (AvgIpc) is 2.47. The summed E-state index contributed by atoms with van der Waals surface area (Å²) in [5.74, 6) is 0.707. The van der Waals surface area contributed by atoms with Crippen molar-refractivity contribution in [3.05, 3.63) is 23.4 Å². The van der Waals surface area contributed by atoms with Gasteiger partial charge in [-0.05, 0) is 37.8 Å². The molecule has 5 nitrogen and oxygen atoms in total. The van der Waals surface area contributed by atoms with Crippen LogP contribution in [0.5, 0.6) is 0 Å². The Morgan fingerprint density at radius 3 is 2.67 bits per heavy atom. The fourth-order valence-electron chi connectivity index (χ4n) is 2.64. The van der Waals surface area contributed by atoms with Crippen molar-refractivity contribution < 1.29 is 9.53 Å². The summed E-state index contributed by atoms with van der Waals surface area (Å²) in [6.07, 6.45) is 2.08. The molecular formula is C16H25N3O2. The molecule has 1 aromatic rings. The van der Waals surface area contributed by atoms with E-state index in [2.05, 4.69) is 4.98 Å². The van der Waals surface area contributed by atoms with Crippen molar-refractivity contribution >= 4 is 11.7 Å². The van der Waals surface area contributed by atoms with Gasteiger partial charge >= 0.3 is 0 Å². The number of aromatic nitrogens is 1. The molecule has 2 N–H and O–H groups in total. The van der Waals surface area contributed by atoms with Gasteiger partial charge in [0.05, 0.1) is 6.10 Å². The second kappa shape index (κ2) is 6.89. The summed E-state index contributed by atoms with van der Waals surface area (Å²) in [5.41, 5.74) is 7.33. The van der Waals surface area contributed by atoms with Gasteiger partial charge in [0.2, 0.25) is 0 Å². The molecule has 0 aliphatic carbocycles. The molecule has 2 rings (SSSR count). The lowest BCUT2D eigenvalue weighted by Crippen LogP contribution is -2.41. The van der Waals surface area contributed by atoms with E-state index in [0.717, 1.165) is 38.2 Å². The number of hydrogen-bond acceptors (Lipinski definition) is 4. The van der Waals surface area contributed by atoms with Crippen LogP contribution in [0.2, 0.25) is 0 Å². The maximum Gasteiger partial charge on any atom is 0.254 e. The number of rotatable bonds is 4. The van der Waals surface area contributed by atoms with Crippen LogP contribution in [-0.4, -0.2) is 41.6 Å². The van der Waals surface area contributed by atoms with E-state index in [4.69, 9.17) is 10.5 Å². The average molecular weight is 291 g/mol. The molecule has 0 aromatic carbocycles. The van der Waals surface area contributed by atoms with Gasteiger partial charge in [-0.25, -0.2) is 4.98 Å². The monoisotopic (exact) mass is 291 g/mol. The Labute approximate surface area is 126 Å². The van der Waals surface area contributed by atoms with Crippen molar-refractivity contribution in [1.29, 1.82) is 0 Å². The highest BCUT2D eigenvalue weighted by molar-refractivity contribution is 5.95. The predicted octanol–water partition coefficient (Wildman–Crippen LogP) is 2.43. The van der Waals surface area contributed by atoms with Gasteiger partial charge in [0.1, 0.15) is 5.82 Å². The van der Waals surface area contributed by atoms with Crippen molar-refractivity contribution in [2.45, 2.75) is 45.6 Å². The summed E-state index contributed by atoms with van der Waals surface area (Å²) >= 11 is 0. The Kier molecular flexibility index (Phi) is 5.17. The summed E-state index contributed by atoms with van der Waals surface area (Å²) in [6, 6.07) is 3.53. The van der Waals surface area contributed by atoms with Gasteiger partial charge < -0.3 is 15.4 Å². The number of ether oxygens (including phenoxy) is 1. The predicted molar refractivity (Wildman–Crippen MR) is 83.3 cm³/mol. The van der Waals surface area contributed by atoms with Crippen LogP contribution in [0.15, 0.2) is 12.1 Å². The second-order valence-corrected chi connectivity index (χ2v) is 5.81. The van der Waals surface area contributed by atoms with Crippen molar-refractivity contribution in [2.75, 3.05) is 25.4 Å². The maximum absolute atomic E-state index is 12.6. The van der Waals surface area contributed by atoms with Gasteiger partial charge in [0.15, 0.2) is 0 Å². The van der Waals surface area contributed by atoms with Gasteiger partial charge in [-0.2, -0.15) is 0 Å². The molecule has 1 aliphatic heterocycles. The first-order chi connectivity index (χ1) is 10.0. The fraction of sp³-hybridized carbons (Fsp3) is 0.625. The topological polar surface area (TPSA) is 68.5 Å². The lowest BCUT2D eigenvalue weighted by atomic mass is 10.0. The zero-order valence-corrected chi connectivity index (χ0v) is 13.1. The molecule has 0 saturated carbocycles. The van der Waals surface area contributed by atoms with Crippen LogP contribution in [0.3, 0.4) is 0 Å². The summed E-state index contributed by atoms with van der Waals surface area (Å²) in [4.78, 5) is 18.8. The van der Waals surface area contributed by atoms with E-state index in [9.17, 15) is 4.79 Å². The Balaban J connectivity index is 2.07. The molecule has 0 radical (unpaired) electrons. The molecule has 1 amide bonds. The minimum absolute atomic E-state index is 0.0425. The van der Waals surface area contributed by atoms with Gasteiger partial charge in [-0.15, -0.1) is 0 Å². The molecule has 0 bridgehead atoms. The lowest BCUT2D eigenvalue weighted by Gasteiger charge is -2.32. The van der Waals surface area contributed by atoms with Crippen molar-refractivity contribution in [1.82, 2.24) is 9.88 Å². The molecule has 116 valence electrons. The molecule has 0 atom stereocenters. The Bertz CT molecular complexity index is 494.